The molecule has 7 heteroatoms. The van der Waals surface area contributed by atoms with Crippen molar-refractivity contribution in [3.8, 4) is 12.3 Å². The average Bonchev–Trinajstić information content (AvgIpc) is 2.45. The van der Waals surface area contributed by atoms with Gasteiger partial charge in [0.15, 0.2) is 0 Å². The number of carboxylic acid groups (broad SMARTS) is 1. The van der Waals surface area contributed by atoms with Gasteiger partial charge in [-0.15, -0.1) is 6.42 Å². The first-order chi connectivity index (χ1) is 8.77. The maximum Gasteiger partial charge on any atom is 0.325 e. The Morgan fingerprint density at radius 3 is 2.58 bits per heavy atom. The van der Waals surface area contributed by atoms with E-state index in [4.69, 9.17) is 11.5 Å². The van der Waals surface area contributed by atoms with Crippen molar-refractivity contribution in [2.45, 2.75) is 19.4 Å². The fourth-order valence-corrected chi connectivity index (χ4v) is 1.80. The molecule has 3 amide bonds. The zero-order valence-corrected chi connectivity index (χ0v) is 11.0. The molecule has 104 valence electrons. The minimum absolute atomic E-state index is 0.114. The monoisotopic (exact) mass is 267 g/mol. The maximum atomic E-state index is 11.9. The number of carbonyl (C=O) groups excluding carboxylic acids is 2. The highest BCUT2D eigenvalue weighted by Crippen LogP contribution is 2.16. The van der Waals surface area contributed by atoms with Crippen molar-refractivity contribution in [1.29, 1.82) is 0 Å². The van der Waals surface area contributed by atoms with Gasteiger partial charge in [-0.1, -0.05) is 5.92 Å². The third-order valence-electron chi connectivity index (χ3n) is 2.76. The summed E-state index contributed by atoms with van der Waals surface area (Å²) in [6.45, 7) is 3.50. The first-order valence-electron chi connectivity index (χ1n) is 5.79. The number of rotatable bonds is 6. The van der Waals surface area contributed by atoms with Gasteiger partial charge in [0.2, 0.25) is 0 Å². The van der Waals surface area contributed by atoms with Crippen LogP contribution in [-0.2, 0) is 9.59 Å². The Balaban J connectivity index is 2.60. The summed E-state index contributed by atoms with van der Waals surface area (Å²) < 4.78 is 0. The number of carboxylic acids is 1. The van der Waals surface area contributed by atoms with Crippen LogP contribution in [-0.4, -0.2) is 64.5 Å². The summed E-state index contributed by atoms with van der Waals surface area (Å²) in [5.74, 6) is 1.01. The van der Waals surface area contributed by atoms with Gasteiger partial charge in [0.05, 0.1) is 13.1 Å². The number of carbonyl (C=O) groups is 3. The predicted octanol–water partition coefficient (Wildman–Crippen LogP) is -0.663. The molecule has 1 aliphatic rings. The molecule has 1 aliphatic heterocycles. The molecular formula is C12H17N3O4. The Hall–Kier alpha value is -2.07. The van der Waals surface area contributed by atoms with Gasteiger partial charge in [-0.05, 0) is 13.8 Å². The topological polar surface area (TPSA) is 90.0 Å². The number of nitrogens with zero attached hydrogens (tertiary/aromatic N) is 2. The molecule has 0 aromatic rings. The quantitative estimate of drug-likeness (QED) is 0.492. The molecule has 0 saturated carbocycles. The van der Waals surface area contributed by atoms with Crippen LogP contribution in [0.5, 0.6) is 0 Å². The third-order valence-corrected chi connectivity index (χ3v) is 2.76. The Bertz CT molecular complexity index is 439. The molecule has 1 heterocycles. The van der Waals surface area contributed by atoms with Gasteiger partial charge in [0, 0.05) is 13.1 Å². The summed E-state index contributed by atoms with van der Waals surface area (Å²) in [5.41, 5.74) is -0.916. The van der Waals surface area contributed by atoms with Crippen LogP contribution >= 0.6 is 0 Å². The van der Waals surface area contributed by atoms with Gasteiger partial charge in [-0.3, -0.25) is 19.4 Å². The molecule has 0 radical (unpaired) electrons. The summed E-state index contributed by atoms with van der Waals surface area (Å²) in [5, 5.41) is 11.3. The molecule has 1 saturated heterocycles. The molecule has 2 N–H and O–H groups in total. The maximum absolute atomic E-state index is 11.9. The predicted molar refractivity (Wildman–Crippen MR) is 67.2 cm³/mol. The molecule has 7 nitrogen and oxygen atoms in total. The summed E-state index contributed by atoms with van der Waals surface area (Å²) in [6, 6.07) is -0.467. The molecule has 0 aromatic carbocycles. The largest absolute Gasteiger partial charge is 0.480 e. The molecular weight excluding hydrogens is 250 g/mol. The van der Waals surface area contributed by atoms with Gasteiger partial charge in [0.25, 0.3) is 5.91 Å². The zero-order valence-electron chi connectivity index (χ0n) is 11.0. The minimum Gasteiger partial charge on any atom is -0.480 e. The van der Waals surface area contributed by atoms with E-state index in [0.29, 0.717) is 0 Å². The number of urea groups is 1. The molecule has 1 fully saturated rings. The van der Waals surface area contributed by atoms with Crippen molar-refractivity contribution in [1.82, 2.24) is 15.1 Å². The summed E-state index contributed by atoms with van der Waals surface area (Å²) in [4.78, 5) is 36.7. The first kappa shape index (κ1) is 15.0. The molecule has 19 heavy (non-hydrogen) atoms. The van der Waals surface area contributed by atoms with E-state index in [0.717, 1.165) is 4.90 Å². The van der Waals surface area contributed by atoms with E-state index in [1.54, 1.807) is 13.8 Å². The van der Waals surface area contributed by atoms with E-state index < -0.39 is 17.5 Å². The highest BCUT2D eigenvalue weighted by molar-refractivity contribution is 6.06. The number of amides is 3. The van der Waals surface area contributed by atoms with Crippen LogP contribution < -0.4 is 5.32 Å². The lowest BCUT2D eigenvalue weighted by molar-refractivity contribution is -0.138. The fourth-order valence-electron chi connectivity index (χ4n) is 1.80. The van der Waals surface area contributed by atoms with Crippen LogP contribution in [0, 0.1) is 12.3 Å². The van der Waals surface area contributed by atoms with Gasteiger partial charge in [0.1, 0.15) is 5.54 Å². The average molecular weight is 267 g/mol. The lowest BCUT2D eigenvalue weighted by atomic mass is 10.1. The highest BCUT2D eigenvalue weighted by atomic mass is 16.4. The van der Waals surface area contributed by atoms with Crippen molar-refractivity contribution in [2.24, 2.45) is 0 Å². The van der Waals surface area contributed by atoms with Crippen LogP contribution in [0.25, 0.3) is 0 Å². The number of hydrogen-bond acceptors (Lipinski definition) is 4. The number of imide groups is 1. The standard InChI is InChI=1S/C12H17N3O4/c1-4-5-14(8-9(16)17)6-7-15-10(18)12(2,3)13-11(15)19/h1H,5-8H2,2-3H3,(H,13,19)(H,16,17). The lowest BCUT2D eigenvalue weighted by Gasteiger charge is -2.21. The Morgan fingerprint density at radius 1 is 1.53 bits per heavy atom. The number of aliphatic carboxylic acids is 1. The molecule has 1 rings (SSSR count). The van der Waals surface area contributed by atoms with Crippen molar-refractivity contribution in [3.63, 3.8) is 0 Å². The van der Waals surface area contributed by atoms with E-state index in [2.05, 4.69) is 11.2 Å². The fraction of sp³-hybridized carbons (Fsp3) is 0.583. The van der Waals surface area contributed by atoms with Crippen LogP contribution in [0.2, 0.25) is 0 Å². The normalized spacial score (nSPS) is 17.5. The smallest absolute Gasteiger partial charge is 0.325 e. The third kappa shape index (κ3) is 3.69. The van der Waals surface area contributed by atoms with Crippen molar-refractivity contribution in [2.75, 3.05) is 26.2 Å². The van der Waals surface area contributed by atoms with Gasteiger partial charge < -0.3 is 10.4 Å². The molecule has 0 aliphatic carbocycles. The van der Waals surface area contributed by atoms with E-state index >= 15 is 0 Å². The minimum atomic E-state index is -1.01. The van der Waals surface area contributed by atoms with Crippen molar-refractivity contribution < 1.29 is 19.5 Å². The molecule has 0 aromatic heterocycles. The second-order valence-electron chi connectivity index (χ2n) is 4.82. The van der Waals surface area contributed by atoms with Crippen molar-refractivity contribution >= 4 is 17.9 Å². The summed E-state index contributed by atoms with van der Waals surface area (Å²) in [7, 11) is 0. The van der Waals surface area contributed by atoms with Gasteiger partial charge in [-0.2, -0.15) is 0 Å². The molecule has 0 atom stereocenters. The highest BCUT2D eigenvalue weighted by Gasteiger charge is 2.43. The number of hydrogen-bond donors (Lipinski definition) is 2. The zero-order chi connectivity index (χ0) is 14.6. The molecule has 0 spiro atoms. The number of nitrogens with one attached hydrogen (secondary N) is 1. The molecule has 0 unspecified atom stereocenters. The summed E-state index contributed by atoms with van der Waals surface area (Å²) >= 11 is 0. The Kier molecular flexibility index (Phi) is 4.51. The van der Waals surface area contributed by atoms with Crippen LogP contribution in [0.15, 0.2) is 0 Å². The lowest BCUT2D eigenvalue weighted by Crippen LogP contribution is -2.42. The van der Waals surface area contributed by atoms with E-state index in [1.165, 1.54) is 4.90 Å². The Labute approximate surface area is 111 Å². The SMILES string of the molecule is C#CCN(CCN1C(=O)NC(C)(C)C1=O)CC(=O)O. The van der Waals surface area contributed by atoms with Crippen LogP contribution in [0.3, 0.4) is 0 Å². The first-order valence-corrected chi connectivity index (χ1v) is 5.79. The van der Waals surface area contributed by atoms with E-state index in [-0.39, 0.29) is 32.1 Å². The Morgan fingerprint density at radius 2 is 2.16 bits per heavy atom. The van der Waals surface area contributed by atoms with Gasteiger partial charge in [-0.25, -0.2) is 4.79 Å². The summed E-state index contributed by atoms with van der Waals surface area (Å²) in [6.07, 6.45) is 5.14. The second-order valence-corrected chi connectivity index (χ2v) is 4.82. The van der Waals surface area contributed by atoms with Crippen LogP contribution in [0.1, 0.15) is 13.8 Å². The number of terminal acetylenes is 1. The van der Waals surface area contributed by atoms with Gasteiger partial charge >= 0.3 is 12.0 Å². The van der Waals surface area contributed by atoms with E-state index in [9.17, 15) is 14.4 Å². The van der Waals surface area contributed by atoms with Crippen LogP contribution in [0.4, 0.5) is 4.79 Å². The van der Waals surface area contributed by atoms with Crippen molar-refractivity contribution in [3.05, 3.63) is 0 Å². The molecule has 0 bridgehead atoms. The van der Waals surface area contributed by atoms with E-state index in [1.807, 2.05) is 0 Å². The second kappa shape index (κ2) is 5.71.